The lowest BCUT2D eigenvalue weighted by Crippen LogP contribution is -2.53. The highest BCUT2D eigenvalue weighted by molar-refractivity contribution is 5.94. The minimum atomic E-state index is -2.68. The summed E-state index contributed by atoms with van der Waals surface area (Å²) in [5, 5.41) is 13.9. The molecule has 0 bridgehead atoms. The fraction of sp³-hybridized carbons (Fsp3) is 0.688. The molecule has 3 heterocycles. The van der Waals surface area contributed by atoms with Gasteiger partial charge in [0.25, 0.3) is 5.91 Å². The summed E-state index contributed by atoms with van der Waals surface area (Å²) in [6.07, 6.45) is -1.12. The first-order valence-corrected chi connectivity index (χ1v) is 8.32. The quantitative estimate of drug-likeness (QED) is 0.771. The SMILES string of the molecule is C[C@@H]1Cc2nn3c(c2CN1C(=O)O)C(=O)N(C)CC1(C3)CC(F)(F)C1. The van der Waals surface area contributed by atoms with E-state index in [-0.39, 0.29) is 44.4 Å². The average Bonchev–Trinajstić information content (AvgIpc) is 2.74. The van der Waals surface area contributed by atoms with E-state index in [9.17, 15) is 23.5 Å². The van der Waals surface area contributed by atoms with E-state index in [1.807, 2.05) is 0 Å². The van der Waals surface area contributed by atoms with Crippen LogP contribution >= 0.6 is 0 Å². The Bertz CT molecular complexity index is 768. The van der Waals surface area contributed by atoms with Gasteiger partial charge in [-0.05, 0) is 6.92 Å². The molecule has 1 spiro atoms. The predicted molar refractivity (Wildman–Crippen MR) is 82.5 cm³/mol. The van der Waals surface area contributed by atoms with Crippen molar-refractivity contribution in [3.05, 3.63) is 17.0 Å². The zero-order valence-corrected chi connectivity index (χ0v) is 14.1. The van der Waals surface area contributed by atoms with Crippen molar-refractivity contribution in [1.29, 1.82) is 0 Å². The number of amides is 2. The molecule has 0 aromatic carbocycles. The largest absolute Gasteiger partial charge is 0.465 e. The molecule has 9 heteroatoms. The molecule has 7 nitrogen and oxygen atoms in total. The van der Waals surface area contributed by atoms with E-state index in [1.165, 1.54) is 9.80 Å². The van der Waals surface area contributed by atoms with Gasteiger partial charge in [-0.25, -0.2) is 13.6 Å². The van der Waals surface area contributed by atoms with Crippen LogP contribution in [0.2, 0.25) is 0 Å². The number of fused-ring (bicyclic) bond motifs is 3. The maximum Gasteiger partial charge on any atom is 0.407 e. The summed E-state index contributed by atoms with van der Waals surface area (Å²) in [5.41, 5.74) is 0.999. The van der Waals surface area contributed by atoms with Gasteiger partial charge in [0.1, 0.15) is 5.69 Å². The van der Waals surface area contributed by atoms with Gasteiger partial charge in [-0.1, -0.05) is 0 Å². The molecule has 1 aliphatic carbocycles. The predicted octanol–water partition coefficient (Wildman–Crippen LogP) is 1.81. The fourth-order valence-electron chi connectivity index (χ4n) is 4.60. The summed E-state index contributed by atoms with van der Waals surface area (Å²) in [5.74, 6) is -2.96. The van der Waals surface area contributed by atoms with Crippen molar-refractivity contribution in [3.8, 4) is 0 Å². The molecule has 1 N–H and O–H groups in total. The number of hydrogen-bond acceptors (Lipinski definition) is 3. The number of carboxylic acid groups (broad SMARTS) is 1. The molecule has 136 valence electrons. The number of aromatic nitrogens is 2. The minimum Gasteiger partial charge on any atom is -0.465 e. The van der Waals surface area contributed by atoms with Crippen molar-refractivity contribution in [1.82, 2.24) is 19.6 Å². The van der Waals surface area contributed by atoms with Crippen LogP contribution in [0.15, 0.2) is 0 Å². The van der Waals surface area contributed by atoms with Gasteiger partial charge in [0.05, 0.1) is 12.2 Å². The van der Waals surface area contributed by atoms with Gasteiger partial charge in [-0.3, -0.25) is 9.48 Å². The molecule has 0 radical (unpaired) electrons. The number of halogens is 2. The Morgan fingerprint density at radius 1 is 1.32 bits per heavy atom. The van der Waals surface area contributed by atoms with Crippen LogP contribution < -0.4 is 0 Å². The molecule has 0 unspecified atom stereocenters. The van der Waals surface area contributed by atoms with Crippen LogP contribution in [0.25, 0.3) is 0 Å². The number of hydrogen-bond donors (Lipinski definition) is 1. The van der Waals surface area contributed by atoms with Crippen LogP contribution in [-0.4, -0.2) is 62.2 Å². The molecule has 4 rings (SSSR count). The summed E-state index contributed by atoms with van der Waals surface area (Å²) >= 11 is 0. The van der Waals surface area contributed by atoms with Crippen LogP contribution in [0, 0.1) is 5.41 Å². The van der Waals surface area contributed by atoms with E-state index in [4.69, 9.17) is 0 Å². The maximum atomic E-state index is 13.5. The standard InChI is InChI=1S/C16H20F2N4O3/c1-9-3-11-10(4-21(9)14(24)25)12-13(23)20(2)7-15(8-22(12)19-11)5-16(17,18)6-15/h9H,3-8H2,1-2H3,(H,24,25)/t9-/m1/s1. The van der Waals surface area contributed by atoms with E-state index < -0.39 is 17.4 Å². The van der Waals surface area contributed by atoms with Crippen LogP contribution in [0.4, 0.5) is 13.6 Å². The number of alkyl halides is 2. The van der Waals surface area contributed by atoms with Crippen molar-refractivity contribution in [2.24, 2.45) is 5.41 Å². The van der Waals surface area contributed by atoms with Gasteiger partial charge in [0.15, 0.2) is 0 Å². The Kier molecular flexibility index (Phi) is 3.21. The summed E-state index contributed by atoms with van der Waals surface area (Å²) in [6, 6.07) is -0.237. The number of carbonyl (C=O) groups is 2. The molecule has 1 fully saturated rings. The van der Waals surface area contributed by atoms with Crippen molar-refractivity contribution in [3.63, 3.8) is 0 Å². The Labute approximate surface area is 143 Å². The first-order chi connectivity index (χ1) is 11.6. The van der Waals surface area contributed by atoms with Crippen LogP contribution in [0.1, 0.15) is 41.5 Å². The van der Waals surface area contributed by atoms with Crippen molar-refractivity contribution in [2.75, 3.05) is 13.6 Å². The fourth-order valence-corrected chi connectivity index (χ4v) is 4.60. The lowest BCUT2D eigenvalue weighted by Gasteiger charge is -2.47. The Balaban J connectivity index is 1.75. The van der Waals surface area contributed by atoms with E-state index in [1.54, 1.807) is 18.7 Å². The van der Waals surface area contributed by atoms with Gasteiger partial charge in [-0.15, -0.1) is 0 Å². The average molecular weight is 354 g/mol. The lowest BCUT2D eigenvalue weighted by molar-refractivity contribution is -0.170. The molecule has 1 aromatic rings. The summed E-state index contributed by atoms with van der Waals surface area (Å²) in [6.45, 7) is 2.43. The third-order valence-corrected chi connectivity index (χ3v) is 5.60. The molecule has 1 saturated carbocycles. The van der Waals surface area contributed by atoms with E-state index >= 15 is 0 Å². The van der Waals surface area contributed by atoms with Gasteiger partial charge >= 0.3 is 6.09 Å². The molecular weight excluding hydrogens is 334 g/mol. The first-order valence-electron chi connectivity index (χ1n) is 8.32. The second-order valence-electron chi connectivity index (χ2n) is 7.77. The number of rotatable bonds is 0. The molecule has 1 aromatic heterocycles. The van der Waals surface area contributed by atoms with Crippen molar-refractivity contribution < 1.29 is 23.5 Å². The Hall–Kier alpha value is -2.19. The topological polar surface area (TPSA) is 78.7 Å². The first kappa shape index (κ1) is 16.3. The summed E-state index contributed by atoms with van der Waals surface area (Å²) in [4.78, 5) is 27.0. The van der Waals surface area contributed by atoms with Gasteiger partial charge in [0, 0.05) is 56.4 Å². The van der Waals surface area contributed by atoms with Crippen molar-refractivity contribution >= 4 is 12.0 Å². The van der Waals surface area contributed by atoms with E-state index in [0.717, 1.165) is 0 Å². The second kappa shape index (κ2) is 4.92. The normalized spacial score (nSPS) is 26.7. The summed E-state index contributed by atoms with van der Waals surface area (Å²) in [7, 11) is 1.61. The zero-order chi connectivity index (χ0) is 18.1. The van der Waals surface area contributed by atoms with E-state index in [0.29, 0.717) is 23.4 Å². The lowest BCUT2D eigenvalue weighted by atomic mass is 9.65. The van der Waals surface area contributed by atoms with E-state index in [2.05, 4.69) is 5.10 Å². The smallest absolute Gasteiger partial charge is 0.407 e. The molecule has 2 aliphatic heterocycles. The highest BCUT2D eigenvalue weighted by Crippen LogP contribution is 2.54. The molecule has 2 amide bonds. The number of carbonyl (C=O) groups excluding carboxylic acids is 1. The van der Waals surface area contributed by atoms with Gasteiger partial charge in [-0.2, -0.15) is 5.10 Å². The molecule has 1 atom stereocenters. The minimum absolute atomic E-state index is 0.101. The third kappa shape index (κ3) is 2.39. The summed E-state index contributed by atoms with van der Waals surface area (Å²) < 4.78 is 28.6. The molecule has 25 heavy (non-hydrogen) atoms. The Morgan fingerprint density at radius 3 is 2.60 bits per heavy atom. The maximum absolute atomic E-state index is 13.5. The monoisotopic (exact) mass is 354 g/mol. The highest BCUT2D eigenvalue weighted by Gasteiger charge is 2.58. The molecular formula is C16H20F2N4O3. The van der Waals surface area contributed by atoms with Gasteiger partial charge in [0.2, 0.25) is 5.92 Å². The van der Waals surface area contributed by atoms with Crippen molar-refractivity contribution in [2.45, 2.75) is 51.2 Å². The second-order valence-corrected chi connectivity index (χ2v) is 7.77. The zero-order valence-electron chi connectivity index (χ0n) is 14.1. The van der Waals surface area contributed by atoms with Crippen LogP contribution in [0.3, 0.4) is 0 Å². The van der Waals surface area contributed by atoms with Crippen LogP contribution in [0.5, 0.6) is 0 Å². The van der Waals surface area contributed by atoms with Crippen LogP contribution in [-0.2, 0) is 19.5 Å². The molecule has 0 saturated heterocycles. The highest BCUT2D eigenvalue weighted by atomic mass is 19.3. The Morgan fingerprint density at radius 2 is 2.00 bits per heavy atom. The third-order valence-electron chi connectivity index (χ3n) is 5.60. The van der Waals surface area contributed by atoms with Gasteiger partial charge < -0.3 is 14.9 Å². The number of nitrogens with zero attached hydrogens (tertiary/aromatic N) is 4. The molecule has 3 aliphatic rings.